The van der Waals surface area contributed by atoms with Crippen LogP contribution in [0.5, 0.6) is 0 Å². The Hall–Kier alpha value is -2.11. The molecule has 0 aromatic carbocycles. The van der Waals surface area contributed by atoms with Crippen molar-refractivity contribution in [2.45, 2.75) is 25.3 Å². The second kappa shape index (κ2) is 5.69. The Balaban J connectivity index is 2.37. The molecule has 1 aliphatic rings. The summed E-state index contributed by atoms with van der Waals surface area (Å²) in [6, 6.07) is 1.35. The predicted octanol–water partition coefficient (Wildman–Crippen LogP) is 0.885. The second-order valence-corrected chi connectivity index (χ2v) is 4.52. The molecule has 1 fully saturated rings. The van der Waals surface area contributed by atoms with E-state index >= 15 is 0 Å². The largest absolute Gasteiger partial charge is 0.478 e. The molecule has 0 radical (unpaired) electrons. The maximum Gasteiger partial charge on any atom is 0.339 e. The zero-order valence-electron chi connectivity index (χ0n) is 10.8. The highest BCUT2D eigenvalue weighted by molar-refractivity contribution is 5.95. The van der Waals surface area contributed by atoms with Crippen LogP contribution in [-0.2, 0) is 4.79 Å². The topological polar surface area (TPSA) is 82.5 Å². The van der Waals surface area contributed by atoms with E-state index in [0.717, 1.165) is 19.3 Å². The van der Waals surface area contributed by atoms with Gasteiger partial charge in [0.2, 0.25) is 5.91 Å². The summed E-state index contributed by atoms with van der Waals surface area (Å²) in [5.41, 5.74) is 0.703. The van der Waals surface area contributed by atoms with E-state index < -0.39 is 5.97 Å². The number of hydrogen-bond acceptors (Lipinski definition) is 4. The van der Waals surface area contributed by atoms with Crippen LogP contribution in [0.4, 0.5) is 5.69 Å². The van der Waals surface area contributed by atoms with E-state index in [-0.39, 0.29) is 17.5 Å². The molecular formula is C13H17N3O3. The van der Waals surface area contributed by atoms with Crippen LogP contribution in [-0.4, -0.2) is 41.6 Å². The number of piperidine rings is 1. The van der Waals surface area contributed by atoms with Crippen LogP contribution < -0.4 is 10.2 Å². The quantitative estimate of drug-likeness (QED) is 0.846. The van der Waals surface area contributed by atoms with E-state index in [2.05, 4.69) is 10.3 Å². The van der Waals surface area contributed by atoms with Crippen molar-refractivity contribution in [1.29, 1.82) is 0 Å². The van der Waals surface area contributed by atoms with E-state index in [1.165, 1.54) is 6.20 Å². The van der Waals surface area contributed by atoms with Gasteiger partial charge >= 0.3 is 5.97 Å². The van der Waals surface area contributed by atoms with E-state index in [1.54, 1.807) is 19.3 Å². The molecule has 19 heavy (non-hydrogen) atoms. The monoisotopic (exact) mass is 263 g/mol. The van der Waals surface area contributed by atoms with Crippen LogP contribution in [0.2, 0.25) is 0 Å². The summed E-state index contributed by atoms with van der Waals surface area (Å²) in [5, 5.41) is 11.9. The van der Waals surface area contributed by atoms with Gasteiger partial charge in [0.05, 0.1) is 5.69 Å². The highest BCUT2D eigenvalue weighted by Crippen LogP contribution is 2.27. The van der Waals surface area contributed by atoms with Crippen molar-refractivity contribution >= 4 is 17.6 Å². The Kier molecular flexibility index (Phi) is 3.99. The Labute approximate surface area is 111 Å². The average molecular weight is 263 g/mol. The molecule has 0 aliphatic carbocycles. The number of pyridine rings is 1. The predicted molar refractivity (Wildman–Crippen MR) is 70.2 cm³/mol. The number of carboxylic acids is 1. The molecule has 1 saturated heterocycles. The first-order chi connectivity index (χ1) is 9.15. The van der Waals surface area contributed by atoms with Gasteiger partial charge in [0.25, 0.3) is 0 Å². The lowest BCUT2D eigenvalue weighted by Gasteiger charge is -2.36. The summed E-state index contributed by atoms with van der Waals surface area (Å²) >= 11 is 0. The Bertz CT molecular complexity index is 490. The number of amides is 1. The highest BCUT2D eigenvalue weighted by atomic mass is 16.4. The molecule has 2 N–H and O–H groups in total. The fraction of sp³-hybridized carbons (Fsp3) is 0.462. The number of carbonyl (C=O) groups excluding carboxylic acids is 1. The number of anilines is 1. The van der Waals surface area contributed by atoms with Crippen molar-refractivity contribution in [2.75, 3.05) is 18.5 Å². The second-order valence-electron chi connectivity index (χ2n) is 4.52. The van der Waals surface area contributed by atoms with Crippen molar-refractivity contribution < 1.29 is 14.7 Å². The number of likely N-dealkylation sites (N-methyl/N-ethyl adjacent to an activating group) is 1. The molecule has 0 saturated carbocycles. The number of nitrogens with zero attached hydrogens (tertiary/aromatic N) is 2. The van der Waals surface area contributed by atoms with Gasteiger partial charge in [-0.05, 0) is 25.3 Å². The van der Waals surface area contributed by atoms with Gasteiger partial charge in [-0.15, -0.1) is 0 Å². The van der Waals surface area contributed by atoms with Crippen molar-refractivity contribution in [3.05, 3.63) is 24.0 Å². The zero-order chi connectivity index (χ0) is 13.8. The lowest BCUT2D eigenvalue weighted by atomic mass is 9.99. The van der Waals surface area contributed by atoms with E-state index in [9.17, 15) is 14.7 Å². The van der Waals surface area contributed by atoms with E-state index in [1.807, 2.05) is 4.90 Å². The molecule has 1 atom stereocenters. The average Bonchev–Trinajstić information content (AvgIpc) is 2.46. The third-order valence-electron chi connectivity index (χ3n) is 3.39. The third kappa shape index (κ3) is 2.67. The molecule has 1 aliphatic heterocycles. The summed E-state index contributed by atoms with van der Waals surface area (Å²) < 4.78 is 0. The van der Waals surface area contributed by atoms with Gasteiger partial charge in [0, 0.05) is 26.0 Å². The van der Waals surface area contributed by atoms with Gasteiger partial charge in [-0.2, -0.15) is 0 Å². The normalized spacial score (nSPS) is 19.0. The first-order valence-electron chi connectivity index (χ1n) is 6.30. The molecule has 102 valence electrons. The number of aromatic carboxylic acids is 1. The van der Waals surface area contributed by atoms with Crippen LogP contribution in [0.1, 0.15) is 29.6 Å². The van der Waals surface area contributed by atoms with Crippen molar-refractivity contribution in [1.82, 2.24) is 10.3 Å². The molecule has 0 spiro atoms. The molecule has 6 heteroatoms. The lowest BCUT2D eigenvalue weighted by Crippen LogP contribution is -2.49. The fourth-order valence-corrected chi connectivity index (χ4v) is 2.46. The molecule has 1 amide bonds. The Morgan fingerprint density at radius 3 is 2.95 bits per heavy atom. The standard InChI is InChI=1S/C13H17N3O3/c1-14-12(17)11-4-2-3-7-16(11)10-5-6-15-8-9(10)13(18)19/h5-6,8,11H,2-4,7H2,1H3,(H,14,17)(H,18,19). The minimum absolute atomic E-state index is 0.0761. The van der Waals surface area contributed by atoms with E-state index in [0.29, 0.717) is 12.2 Å². The Morgan fingerprint density at radius 1 is 1.47 bits per heavy atom. The number of aromatic nitrogens is 1. The number of hydrogen-bond donors (Lipinski definition) is 2. The molecule has 0 bridgehead atoms. The number of nitrogens with one attached hydrogen (secondary N) is 1. The van der Waals surface area contributed by atoms with E-state index in [4.69, 9.17) is 0 Å². The molecule has 6 nitrogen and oxygen atoms in total. The Morgan fingerprint density at radius 2 is 2.26 bits per heavy atom. The summed E-state index contributed by atoms with van der Waals surface area (Å²) in [4.78, 5) is 28.9. The van der Waals surface area contributed by atoms with Gasteiger partial charge in [-0.3, -0.25) is 9.78 Å². The number of carbonyl (C=O) groups is 2. The smallest absolute Gasteiger partial charge is 0.339 e. The highest BCUT2D eigenvalue weighted by Gasteiger charge is 2.30. The third-order valence-corrected chi connectivity index (χ3v) is 3.39. The first kappa shape index (κ1) is 13.3. The van der Waals surface area contributed by atoms with Crippen molar-refractivity contribution in [3.8, 4) is 0 Å². The molecule has 1 unspecified atom stereocenters. The first-order valence-corrected chi connectivity index (χ1v) is 6.30. The van der Waals surface area contributed by atoms with Gasteiger partial charge in [0.15, 0.2) is 0 Å². The lowest BCUT2D eigenvalue weighted by molar-refractivity contribution is -0.122. The minimum atomic E-state index is -1.02. The number of carboxylic acid groups (broad SMARTS) is 1. The van der Waals surface area contributed by atoms with Gasteiger partial charge in [-0.25, -0.2) is 4.79 Å². The van der Waals surface area contributed by atoms with Gasteiger partial charge in [-0.1, -0.05) is 0 Å². The SMILES string of the molecule is CNC(=O)C1CCCCN1c1ccncc1C(=O)O. The van der Waals surface area contributed by atoms with Crippen LogP contribution in [0, 0.1) is 0 Å². The fourth-order valence-electron chi connectivity index (χ4n) is 2.46. The van der Waals surface area contributed by atoms with Crippen LogP contribution in [0.25, 0.3) is 0 Å². The molecule has 1 aromatic rings. The van der Waals surface area contributed by atoms with Gasteiger partial charge < -0.3 is 15.3 Å². The summed E-state index contributed by atoms with van der Waals surface area (Å²) in [6.45, 7) is 0.683. The van der Waals surface area contributed by atoms with Crippen LogP contribution in [0.15, 0.2) is 18.5 Å². The molecular weight excluding hydrogens is 246 g/mol. The molecule has 1 aromatic heterocycles. The summed E-state index contributed by atoms with van der Waals surface area (Å²) in [5.74, 6) is -1.10. The summed E-state index contributed by atoms with van der Waals surface area (Å²) in [7, 11) is 1.60. The minimum Gasteiger partial charge on any atom is -0.478 e. The maximum absolute atomic E-state index is 11.9. The summed E-state index contributed by atoms with van der Waals surface area (Å²) in [6.07, 6.45) is 5.54. The van der Waals surface area contributed by atoms with Crippen LogP contribution in [0.3, 0.4) is 0 Å². The van der Waals surface area contributed by atoms with Crippen molar-refractivity contribution in [3.63, 3.8) is 0 Å². The number of rotatable bonds is 3. The molecule has 2 rings (SSSR count). The maximum atomic E-state index is 11.9. The van der Waals surface area contributed by atoms with Gasteiger partial charge in [0.1, 0.15) is 11.6 Å². The van der Waals surface area contributed by atoms with Crippen molar-refractivity contribution in [2.24, 2.45) is 0 Å². The van der Waals surface area contributed by atoms with Crippen LogP contribution >= 0.6 is 0 Å². The molecule has 2 heterocycles. The zero-order valence-corrected chi connectivity index (χ0v) is 10.8.